The Bertz CT molecular complexity index is 648. The molecule has 0 saturated carbocycles. The highest BCUT2D eigenvalue weighted by Gasteiger charge is 2.13. The van der Waals surface area contributed by atoms with Crippen molar-refractivity contribution in [2.24, 2.45) is 47.3 Å². The highest BCUT2D eigenvalue weighted by molar-refractivity contribution is 4.64. The molecule has 290 valence electrons. The Labute approximate surface area is 304 Å². The van der Waals surface area contributed by atoms with Gasteiger partial charge in [-0.25, -0.2) is 0 Å². The van der Waals surface area contributed by atoms with Gasteiger partial charge in [0, 0.05) is 19.8 Å². The molecule has 0 amide bonds. The van der Waals surface area contributed by atoms with Crippen LogP contribution in [0.1, 0.15) is 210 Å². The van der Waals surface area contributed by atoms with Crippen molar-refractivity contribution >= 4 is 0 Å². The quantitative estimate of drug-likeness (QED) is 0.0669. The monoisotopic (exact) mass is 681 g/mol. The van der Waals surface area contributed by atoms with Gasteiger partial charge in [-0.15, -0.1) is 0 Å². The summed E-state index contributed by atoms with van der Waals surface area (Å²) in [6.07, 6.45) is 29.0. The first-order valence-corrected chi connectivity index (χ1v) is 21.7. The molecule has 0 aliphatic carbocycles. The fourth-order valence-electron chi connectivity index (χ4n) is 7.34. The van der Waals surface area contributed by atoms with Gasteiger partial charge >= 0.3 is 0 Å². The summed E-state index contributed by atoms with van der Waals surface area (Å²) in [4.78, 5) is 0. The van der Waals surface area contributed by atoms with Crippen LogP contribution in [-0.4, -0.2) is 37.6 Å². The van der Waals surface area contributed by atoms with Gasteiger partial charge in [0.25, 0.3) is 0 Å². The van der Waals surface area contributed by atoms with E-state index in [-0.39, 0.29) is 12.7 Å². The van der Waals surface area contributed by atoms with Gasteiger partial charge in [0.15, 0.2) is 0 Å². The normalized spacial score (nSPS) is 16.7. The minimum Gasteiger partial charge on any atom is -0.396 e. The largest absolute Gasteiger partial charge is 0.396 e. The minimum absolute atomic E-state index is 0.117. The Hall–Kier alpha value is -0.120. The van der Waals surface area contributed by atoms with Gasteiger partial charge < -0.3 is 14.6 Å². The summed E-state index contributed by atoms with van der Waals surface area (Å²) in [7, 11) is 0. The molecule has 0 fully saturated rings. The molecule has 0 rings (SSSR count). The lowest BCUT2D eigenvalue weighted by Gasteiger charge is -2.20. The molecule has 0 saturated heterocycles. The third-order valence-electron chi connectivity index (χ3n) is 11.2. The van der Waals surface area contributed by atoms with E-state index in [9.17, 15) is 5.11 Å². The molecule has 3 heteroatoms. The first kappa shape index (κ1) is 47.9. The Morgan fingerprint density at radius 2 is 0.667 bits per heavy atom. The van der Waals surface area contributed by atoms with Crippen molar-refractivity contribution in [1.82, 2.24) is 0 Å². The first-order chi connectivity index (χ1) is 22.9. The molecular weight excluding hydrogens is 588 g/mol. The second kappa shape index (κ2) is 32.8. The van der Waals surface area contributed by atoms with Crippen LogP contribution in [0.25, 0.3) is 0 Å². The van der Waals surface area contributed by atoms with Gasteiger partial charge in [0.2, 0.25) is 0 Å². The third-order valence-corrected chi connectivity index (χ3v) is 11.2. The molecule has 0 aliphatic rings. The van der Waals surface area contributed by atoms with Crippen LogP contribution in [0.3, 0.4) is 0 Å². The lowest BCUT2D eigenvalue weighted by Crippen LogP contribution is -2.22. The maximum Gasteiger partial charge on any atom is 0.0809 e. The predicted octanol–water partition coefficient (Wildman–Crippen LogP) is 14.1. The zero-order chi connectivity index (χ0) is 36.0. The topological polar surface area (TPSA) is 38.7 Å². The summed E-state index contributed by atoms with van der Waals surface area (Å²) in [5, 5.41) is 9.39. The summed E-state index contributed by atoms with van der Waals surface area (Å²) >= 11 is 0. The fraction of sp³-hybridized carbons (Fsp3) is 1.00. The van der Waals surface area contributed by atoms with Gasteiger partial charge in [0.05, 0.1) is 12.7 Å². The molecular formula is C45H92O3. The van der Waals surface area contributed by atoms with Gasteiger partial charge in [-0.2, -0.15) is 0 Å². The molecule has 0 aromatic rings. The van der Waals surface area contributed by atoms with E-state index >= 15 is 0 Å². The van der Waals surface area contributed by atoms with Gasteiger partial charge in [-0.1, -0.05) is 185 Å². The second-order valence-corrected chi connectivity index (χ2v) is 18.0. The maximum absolute atomic E-state index is 9.39. The van der Waals surface area contributed by atoms with E-state index in [4.69, 9.17) is 9.47 Å². The molecule has 0 heterocycles. The Morgan fingerprint density at radius 1 is 0.354 bits per heavy atom. The standard InChI is InChI=1S/C45H92O3/c1-37(2)18-11-20-39(5)22-13-24-41(7)26-15-28-43(9)31-34-47-36-45(30-17-33-46)48-35-32-44(10)29-16-27-42(8)25-14-23-40(6)21-12-19-38(3)4/h37-46H,11-36H2,1-10H3. The van der Waals surface area contributed by atoms with Crippen molar-refractivity contribution in [3.63, 3.8) is 0 Å². The molecule has 7 atom stereocenters. The van der Waals surface area contributed by atoms with Crippen molar-refractivity contribution in [1.29, 1.82) is 0 Å². The van der Waals surface area contributed by atoms with E-state index in [1.165, 1.54) is 116 Å². The minimum atomic E-state index is 0.117. The van der Waals surface area contributed by atoms with Crippen molar-refractivity contribution in [2.75, 3.05) is 26.4 Å². The summed E-state index contributed by atoms with van der Waals surface area (Å²) in [5.74, 6) is 6.65. The van der Waals surface area contributed by atoms with Crippen LogP contribution in [-0.2, 0) is 9.47 Å². The average Bonchev–Trinajstić information content (AvgIpc) is 3.01. The van der Waals surface area contributed by atoms with Crippen molar-refractivity contribution < 1.29 is 14.6 Å². The van der Waals surface area contributed by atoms with Gasteiger partial charge in [-0.3, -0.25) is 0 Å². The van der Waals surface area contributed by atoms with E-state index in [1.807, 2.05) is 0 Å². The Kier molecular flexibility index (Phi) is 32.7. The lowest BCUT2D eigenvalue weighted by atomic mass is 9.91. The summed E-state index contributed by atoms with van der Waals surface area (Å²) in [5.41, 5.74) is 0. The van der Waals surface area contributed by atoms with Crippen molar-refractivity contribution in [3.8, 4) is 0 Å². The van der Waals surface area contributed by atoms with Crippen molar-refractivity contribution in [3.05, 3.63) is 0 Å². The van der Waals surface area contributed by atoms with E-state index in [0.717, 1.165) is 80.3 Å². The maximum atomic E-state index is 9.39. The smallest absolute Gasteiger partial charge is 0.0809 e. The molecule has 0 spiro atoms. The number of ether oxygens (including phenoxy) is 2. The van der Waals surface area contributed by atoms with E-state index in [1.54, 1.807) is 0 Å². The second-order valence-electron chi connectivity index (χ2n) is 18.0. The molecule has 0 aromatic heterocycles. The molecule has 3 nitrogen and oxygen atoms in total. The summed E-state index contributed by atoms with van der Waals surface area (Å²) in [6, 6.07) is 0. The van der Waals surface area contributed by atoms with E-state index < -0.39 is 0 Å². The molecule has 0 aromatic carbocycles. The third kappa shape index (κ3) is 33.0. The number of hydrogen-bond donors (Lipinski definition) is 1. The number of aliphatic hydroxyl groups excluding tert-OH is 1. The summed E-state index contributed by atoms with van der Waals surface area (Å²) < 4.78 is 12.4. The van der Waals surface area contributed by atoms with Gasteiger partial charge in [0.1, 0.15) is 0 Å². The molecule has 1 N–H and O–H groups in total. The zero-order valence-corrected chi connectivity index (χ0v) is 34.8. The van der Waals surface area contributed by atoms with Crippen molar-refractivity contribution in [2.45, 2.75) is 217 Å². The van der Waals surface area contributed by atoms with Crippen LogP contribution in [0.15, 0.2) is 0 Å². The van der Waals surface area contributed by atoms with Crippen LogP contribution in [0.5, 0.6) is 0 Å². The number of hydrogen-bond acceptors (Lipinski definition) is 3. The highest BCUT2D eigenvalue weighted by atomic mass is 16.5. The van der Waals surface area contributed by atoms with Crippen LogP contribution in [0, 0.1) is 47.3 Å². The molecule has 0 aliphatic heterocycles. The molecule has 0 bridgehead atoms. The van der Waals surface area contributed by atoms with Gasteiger partial charge in [-0.05, 0) is 73.0 Å². The van der Waals surface area contributed by atoms with Crippen LogP contribution in [0.4, 0.5) is 0 Å². The average molecular weight is 681 g/mol. The molecule has 7 unspecified atom stereocenters. The van der Waals surface area contributed by atoms with Crippen LogP contribution in [0.2, 0.25) is 0 Å². The van der Waals surface area contributed by atoms with E-state index in [0.29, 0.717) is 12.5 Å². The number of aliphatic hydroxyl groups is 1. The predicted molar refractivity (Wildman–Crippen MR) is 214 cm³/mol. The SMILES string of the molecule is CC(C)CCCC(C)CCCC(C)CCCC(C)CCOCC(CCCO)OCCC(C)CCCC(C)CCCC(C)CCCC(C)C. The highest BCUT2D eigenvalue weighted by Crippen LogP contribution is 2.24. The fourth-order valence-corrected chi connectivity index (χ4v) is 7.34. The molecule has 48 heavy (non-hydrogen) atoms. The zero-order valence-electron chi connectivity index (χ0n) is 34.8. The Balaban J connectivity index is 3.96. The van der Waals surface area contributed by atoms with E-state index in [2.05, 4.69) is 69.2 Å². The lowest BCUT2D eigenvalue weighted by molar-refractivity contribution is -0.0288. The van der Waals surface area contributed by atoms with Crippen LogP contribution >= 0.6 is 0 Å². The van der Waals surface area contributed by atoms with Crippen LogP contribution < -0.4 is 0 Å². The number of rotatable bonds is 36. The Morgan fingerprint density at radius 3 is 1.00 bits per heavy atom. The molecule has 0 radical (unpaired) electrons. The first-order valence-electron chi connectivity index (χ1n) is 21.7. The summed E-state index contributed by atoms with van der Waals surface area (Å²) in [6.45, 7) is 26.5.